The summed E-state index contributed by atoms with van der Waals surface area (Å²) in [7, 11) is -5.98. The Labute approximate surface area is 260 Å². The number of nitrogens with one attached hydrogen (secondary N) is 1. The molecule has 0 aromatic heterocycles. The van der Waals surface area contributed by atoms with E-state index >= 15 is 0 Å². The second kappa shape index (κ2) is 15.0. The van der Waals surface area contributed by atoms with E-state index in [0.29, 0.717) is 30.2 Å². The van der Waals surface area contributed by atoms with E-state index in [-0.39, 0.29) is 47.9 Å². The minimum absolute atomic E-state index is 0.0280. The molecule has 11 nitrogen and oxygen atoms in total. The number of hydrogen-bond donors (Lipinski definition) is 2. The van der Waals surface area contributed by atoms with Crippen LogP contribution in [-0.2, 0) is 24.8 Å². The summed E-state index contributed by atoms with van der Waals surface area (Å²) in [6, 6.07) is 9.84. The Kier molecular flexibility index (Phi) is 12.3. The second-order valence-corrected chi connectivity index (χ2v) is 15.4. The Morgan fingerprint density at radius 3 is 2.42 bits per heavy atom. The fraction of sp³-hybridized carbons (Fsp3) is 0.552. The maximum Gasteiger partial charge on any atom is 0.258 e. The lowest BCUT2D eigenvalue weighted by molar-refractivity contribution is -0.00833. The number of likely N-dealkylation sites (N-methyl/N-ethyl adjacent to an activating group) is 1. The number of benzene rings is 2. The molecule has 1 amide bonds. The predicted molar refractivity (Wildman–Crippen MR) is 167 cm³/mol. The number of ether oxygens (including phenoxy) is 2. The zero-order valence-electron chi connectivity index (χ0n) is 25.2. The van der Waals surface area contributed by atoms with Crippen LogP contribution in [0.2, 0.25) is 5.02 Å². The molecule has 1 heterocycles. The fourth-order valence-corrected chi connectivity index (χ4v) is 6.66. The smallest absolute Gasteiger partial charge is 0.258 e. The van der Waals surface area contributed by atoms with Crippen LogP contribution in [0.25, 0.3) is 0 Å². The normalized spacial score (nSPS) is 21.9. The van der Waals surface area contributed by atoms with Crippen molar-refractivity contribution in [2.45, 2.75) is 63.2 Å². The molecule has 240 valence electrons. The number of nitrogens with zero attached hydrogens (tertiary/aromatic N) is 2. The van der Waals surface area contributed by atoms with Crippen LogP contribution in [0.3, 0.4) is 0 Å². The number of anilines is 1. The maximum atomic E-state index is 14.1. The van der Waals surface area contributed by atoms with Crippen LogP contribution in [0.1, 0.15) is 50.4 Å². The molecule has 1 aliphatic rings. The van der Waals surface area contributed by atoms with E-state index in [9.17, 15) is 26.7 Å². The summed E-state index contributed by atoms with van der Waals surface area (Å²) in [6.07, 6.45) is 2.34. The van der Waals surface area contributed by atoms with Crippen molar-refractivity contribution in [3.8, 4) is 5.75 Å². The molecule has 43 heavy (non-hydrogen) atoms. The number of carbonyl (C=O) groups excluding carboxylic acids is 1. The molecule has 4 atom stereocenters. The highest BCUT2D eigenvalue weighted by Gasteiger charge is 2.32. The standard InChI is InChI=1S/C29H42ClN3O8S2/c1-20-17-33(21(2)19-34)29(35)26-16-24(31-42(5,36)37)11-14-27(26)41-22(3)8-6-7-15-40-28(20)18-32(4)43(38,39)25-12-9-23(30)10-13-25/h9-14,16,20-22,28,31,34H,6-8,15,17-19H2,1-5H3/t20-,21+,22+,28-/m0/s1. The molecule has 0 spiro atoms. The maximum absolute atomic E-state index is 14.1. The molecular formula is C29H42ClN3O8S2. The number of fused-ring (bicyclic) bond motifs is 1. The topological polar surface area (TPSA) is 143 Å². The zero-order valence-corrected chi connectivity index (χ0v) is 27.6. The van der Waals surface area contributed by atoms with Crippen molar-refractivity contribution in [1.29, 1.82) is 0 Å². The highest BCUT2D eigenvalue weighted by Crippen LogP contribution is 2.29. The van der Waals surface area contributed by atoms with Crippen LogP contribution < -0.4 is 9.46 Å². The van der Waals surface area contributed by atoms with Crippen LogP contribution in [0.5, 0.6) is 5.75 Å². The first kappa shape index (κ1) is 35.1. The molecule has 2 aromatic carbocycles. The predicted octanol–water partition coefficient (Wildman–Crippen LogP) is 3.83. The van der Waals surface area contributed by atoms with E-state index in [1.165, 1.54) is 52.7 Å². The molecule has 0 saturated heterocycles. The molecule has 0 unspecified atom stereocenters. The first-order chi connectivity index (χ1) is 20.1. The Hall–Kier alpha value is -2.42. The van der Waals surface area contributed by atoms with E-state index in [4.69, 9.17) is 21.1 Å². The molecule has 0 bridgehead atoms. The number of halogens is 1. The molecule has 1 aliphatic heterocycles. The van der Waals surface area contributed by atoms with Crippen molar-refractivity contribution < 1.29 is 36.2 Å². The zero-order chi connectivity index (χ0) is 31.9. The molecule has 0 aliphatic carbocycles. The third kappa shape index (κ3) is 9.79. The van der Waals surface area contributed by atoms with Gasteiger partial charge in [-0.1, -0.05) is 18.5 Å². The summed E-state index contributed by atoms with van der Waals surface area (Å²) < 4.78 is 66.5. The van der Waals surface area contributed by atoms with Gasteiger partial charge in [0.15, 0.2) is 0 Å². The summed E-state index contributed by atoms with van der Waals surface area (Å²) in [4.78, 5) is 15.7. The monoisotopic (exact) mass is 659 g/mol. The van der Waals surface area contributed by atoms with Gasteiger partial charge in [-0.05, 0) is 75.6 Å². The molecular weight excluding hydrogens is 618 g/mol. The van der Waals surface area contributed by atoms with Gasteiger partial charge in [0.05, 0.1) is 41.6 Å². The van der Waals surface area contributed by atoms with Crippen molar-refractivity contribution in [1.82, 2.24) is 9.21 Å². The van der Waals surface area contributed by atoms with Crippen LogP contribution in [0, 0.1) is 5.92 Å². The largest absolute Gasteiger partial charge is 0.490 e. The lowest BCUT2D eigenvalue weighted by atomic mass is 10.0. The highest BCUT2D eigenvalue weighted by atomic mass is 35.5. The van der Waals surface area contributed by atoms with Crippen molar-refractivity contribution in [3.63, 3.8) is 0 Å². The fourth-order valence-electron chi connectivity index (χ4n) is 4.80. The van der Waals surface area contributed by atoms with E-state index in [1.807, 2.05) is 13.8 Å². The minimum atomic E-state index is -3.85. The Bertz CT molecular complexity index is 1450. The number of rotatable bonds is 8. The van der Waals surface area contributed by atoms with Crippen LogP contribution in [0.4, 0.5) is 5.69 Å². The van der Waals surface area contributed by atoms with Gasteiger partial charge in [-0.3, -0.25) is 9.52 Å². The Morgan fingerprint density at radius 1 is 1.12 bits per heavy atom. The van der Waals surface area contributed by atoms with E-state index < -0.39 is 38.1 Å². The van der Waals surface area contributed by atoms with Gasteiger partial charge >= 0.3 is 0 Å². The van der Waals surface area contributed by atoms with Gasteiger partial charge in [0.25, 0.3) is 5.91 Å². The summed E-state index contributed by atoms with van der Waals surface area (Å²) in [6.45, 7) is 5.66. The molecule has 0 saturated carbocycles. The minimum Gasteiger partial charge on any atom is -0.490 e. The number of aliphatic hydroxyl groups is 1. The van der Waals surface area contributed by atoms with Gasteiger partial charge in [-0.15, -0.1) is 0 Å². The van der Waals surface area contributed by atoms with Crippen molar-refractivity contribution >= 4 is 43.2 Å². The molecule has 2 aromatic rings. The number of hydrogen-bond acceptors (Lipinski definition) is 8. The SMILES string of the molecule is C[C@@H]1CCCCO[C@@H](CN(C)S(=O)(=O)c2ccc(Cl)cc2)[C@@H](C)CN([C@H](C)CO)C(=O)c2cc(NS(C)(=O)=O)ccc2O1. The van der Waals surface area contributed by atoms with Crippen molar-refractivity contribution in [2.75, 3.05) is 44.3 Å². The lowest BCUT2D eigenvalue weighted by Gasteiger charge is -2.35. The number of aliphatic hydroxyl groups excluding tert-OH is 1. The number of amides is 1. The first-order valence-electron chi connectivity index (χ1n) is 14.2. The van der Waals surface area contributed by atoms with Gasteiger partial charge in [0.1, 0.15) is 5.75 Å². The number of carbonyl (C=O) groups is 1. The summed E-state index contributed by atoms with van der Waals surface area (Å²) in [5.41, 5.74) is 0.344. The summed E-state index contributed by atoms with van der Waals surface area (Å²) >= 11 is 5.95. The average Bonchev–Trinajstić information content (AvgIpc) is 2.93. The molecule has 2 N–H and O–H groups in total. The highest BCUT2D eigenvalue weighted by molar-refractivity contribution is 7.92. The summed E-state index contributed by atoms with van der Waals surface area (Å²) in [5, 5.41) is 10.5. The average molecular weight is 660 g/mol. The molecule has 14 heteroatoms. The van der Waals surface area contributed by atoms with Crippen molar-refractivity contribution in [3.05, 3.63) is 53.1 Å². The van der Waals surface area contributed by atoms with E-state index in [2.05, 4.69) is 4.72 Å². The Morgan fingerprint density at radius 2 is 1.79 bits per heavy atom. The second-order valence-electron chi connectivity index (χ2n) is 11.1. The van der Waals surface area contributed by atoms with Gasteiger partial charge < -0.3 is 19.5 Å². The van der Waals surface area contributed by atoms with Crippen LogP contribution in [-0.4, -0.2) is 94.9 Å². The van der Waals surface area contributed by atoms with E-state index in [1.54, 1.807) is 13.0 Å². The Balaban J connectivity index is 1.98. The molecule has 0 radical (unpaired) electrons. The third-order valence-electron chi connectivity index (χ3n) is 7.31. The van der Waals surface area contributed by atoms with Gasteiger partial charge in [0.2, 0.25) is 20.0 Å². The molecule has 3 rings (SSSR count). The number of sulfonamides is 2. The quantitative estimate of drug-likeness (QED) is 0.436. The summed E-state index contributed by atoms with van der Waals surface area (Å²) in [5.74, 6) is -0.520. The lowest BCUT2D eigenvalue weighted by Crippen LogP contribution is -2.48. The van der Waals surface area contributed by atoms with Crippen LogP contribution >= 0.6 is 11.6 Å². The van der Waals surface area contributed by atoms with Crippen LogP contribution in [0.15, 0.2) is 47.4 Å². The van der Waals surface area contributed by atoms with Gasteiger partial charge in [-0.25, -0.2) is 16.8 Å². The van der Waals surface area contributed by atoms with Gasteiger partial charge in [-0.2, -0.15) is 4.31 Å². The van der Waals surface area contributed by atoms with Gasteiger partial charge in [0, 0.05) is 43.4 Å². The molecule has 0 fully saturated rings. The van der Waals surface area contributed by atoms with Crippen molar-refractivity contribution in [2.24, 2.45) is 5.92 Å². The first-order valence-corrected chi connectivity index (χ1v) is 17.9. The van der Waals surface area contributed by atoms with E-state index in [0.717, 1.165) is 12.7 Å². The third-order valence-corrected chi connectivity index (χ3v) is 10.0.